The number of hydrogen-bond acceptors (Lipinski definition) is 5. The van der Waals surface area contributed by atoms with E-state index in [1.165, 1.54) is 4.31 Å². The molecule has 2 saturated heterocycles. The molecule has 0 aromatic heterocycles. The van der Waals surface area contributed by atoms with Gasteiger partial charge in [-0.2, -0.15) is 17.4 Å². The lowest BCUT2D eigenvalue weighted by atomic mass is 10.3. The molecule has 2 aliphatic rings. The summed E-state index contributed by atoms with van der Waals surface area (Å²) in [6, 6.07) is -0.131. The molecule has 2 heterocycles. The molecule has 0 aromatic carbocycles. The second kappa shape index (κ2) is 8.39. The molecule has 2 aliphatic heterocycles. The zero-order valence-corrected chi connectivity index (χ0v) is 14.8. The summed E-state index contributed by atoms with van der Waals surface area (Å²) >= 11 is 0. The van der Waals surface area contributed by atoms with Crippen LogP contribution in [0.2, 0.25) is 0 Å². The maximum atomic E-state index is 12.3. The average molecular weight is 348 g/mol. The molecule has 0 spiro atoms. The minimum Gasteiger partial charge on any atom is -0.379 e. The van der Waals surface area contributed by atoms with E-state index in [0.29, 0.717) is 32.6 Å². The average Bonchev–Trinajstić information content (AvgIpc) is 2.52. The molecule has 0 radical (unpaired) electrons. The maximum absolute atomic E-state index is 12.3. The Kier molecular flexibility index (Phi) is 6.78. The number of nitrogens with zero attached hydrogens (tertiary/aromatic N) is 3. The van der Waals surface area contributed by atoms with Crippen LogP contribution in [-0.4, -0.2) is 93.5 Å². The minimum absolute atomic E-state index is 0.102. The largest absolute Gasteiger partial charge is 0.379 e. The van der Waals surface area contributed by atoms with Gasteiger partial charge in [-0.15, -0.1) is 0 Å². The predicted molar refractivity (Wildman–Crippen MR) is 87.2 cm³/mol. The van der Waals surface area contributed by atoms with Crippen molar-refractivity contribution in [1.29, 1.82) is 0 Å². The summed E-state index contributed by atoms with van der Waals surface area (Å²) in [6.07, 6.45) is 0.483. The summed E-state index contributed by atoms with van der Waals surface area (Å²) in [6.45, 7) is 9.17. The third-order valence-corrected chi connectivity index (χ3v) is 5.88. The topological polar surface area (TPSA) is 82.2 Å². The molecule has 0 aliphatic carbocycles. The van der Waals surface area contributed by atoms with Crippen molar-refractivity contribution >= 4 is 16.1 Å². The van der Waals surface area contributed by atoms with Crippen LogP contribution in [0.3, 0.4) is 0 Å². The van der Waals surface area contributed by atoms with Gasteiger partial charge in [0.25, 0.3) is 10.2 Å². The Bertz CT molecular complexity index is 483. The number of ether oxygens (including phenoxy) is 1. The van der Waals surface area contributed by atoms with Gasteiger partial charge >= 0.3 is 0 Å². The Morgan fingerprint density at radius 1 is 1.09 bits per heavy atom. The molecule has 0 unspecified atom stereocenters. The highest BCUT2D eigenvalue weighted by Crippen LogP contribution is 2.09. The van der Waals surface area contributed by atoms with Crippen molar-refractivity contribution in [2.75, 3.05) is 59.0 Å². The van der Waals surface area contributed by atoms with Crippen molar-refractivity contribution in [3.8, 4) is 0 Å². The highest BCUT2D eigenvalue weighted by atomic mass is 32.2. The summed E-state index contributed by atoms with van der Waals surface area (Å²) in [4.78, 5) is 16.3. The third-order valence-electron chi connectivity index (χ3n) is 4.06. The van der Waals surface area contributed by atoms with E-state index < -0.39 is 10.2 Å². The van der Waals surface area contributed by atoms with Crippen LogP contribution in [0.15, 0.2) is 0 Å². The Labute approximate surface area is 138 Å². The van der Waals surface area contributed by atoms with Gasteiger partial charge in [-0.3, -0.25) is 9.69 Å². The molecule has 0 bridgehead atoms. The first kappa shape index (κ1) is 18.6. The number of piperazine rings is 1. The van der Waals surface area contributed by atoms with Crippen molar-refractivity contribution in [1.82, 2.24) is 18.8 Å². The Morgan fingerprint density at radius 3 is 2.26 bits per heavy atom. The number of hydrogen-bond donors (Lipinski definition) is 1. The van der Waals surface area contributed by atoms with E-state index in [2.05, 4.69) is 9.62 Å². The first-order valence-corrected chi connectivity index (χ1v) is 9.68. The van der Waals surface area contributed by atoms with E-state index in [4.69, 9.17) is 4.74 Å². The Hall–Kier alpha value is -0.740. The second-order valence-electron chi connectivity index (χ2n) is 6.26. The van der Waals surface area contributed by atoms with E-state index >= 15 is 0 Å². The fourth-order valence-corrected chi connectivity index (χ4v) is 4.18. The summed E-state index contributed by atoms with van der Waals surface area (Å²) in [7, 11) is -3.44. The van der Waals surface area contributed by atoms with Gasteiger partial charge in [0, 0.05) is 58.3 Å². The molecule has 0 saturated carbocycles. The van der Waals surface area contributed by atoms with Crippen molar-refractivity contribution in [2.45, 2.75) is 26.3 Å². The molecular weight excluding hydrogens is 320 g/mol. The number of morpholine rings is 1. The fraction of sp³-hybridized carbons (Fsp3) is 0.929. The van der Waals surface area contributed by atoms with E-state index in [-0.39, 0.29) is 11.9 Å². The van der Waals surface area contributed by atoms with E-state index in [9.17, 15) is 13.2 Å². The molecule has 2 rings (SSSR count). The SMILES string of the molecule is CC(C)NS(=O)(=O)N1CCN(C(=O)CCN2CCOCC2)CC1. The molecule has 9 heteroatoms. The van der Waals surface area contributed by atoms with Crippen molar-refractivity contribution in [3.05, 3.63) is 0 Å². The van der Waals surface area contributed by atoms with Crippen LogP contribution in [0.4, 0.5) is 0 Å². The quantitative estimate of drug-likeness (QED) is 0.672. The third kappa shape index (κ3) is 5.68. The Morgan fingerprint density at radius 2 is 1.70 bits per heavy atom. The molecule has 23 heavy (non-hydrogen) atoms. The molecular formula is C14H28N4O4S. The van der Waals surface area contributed by atoms with Gasteiger partial charge in [0.1, 0.15) is 0 Å². The molecule has 1 amide bonds. The minimum atomic E-state index is -3.44. The smallest absolute Gasteiger partial charge is 0.279 e. The van der Waals surface area contributed by atoms with E-state index in [0.717, 1.165) is 32.8 Å². The predicted octanol–water partition coefficient (Wildman–Crippen LogP) is -0.904. The maximum Gasteiger partial charge on any atom is 0.279 e. The second-order valence-corrected chi connectivity index (χ2v) is 7.96. The van der Waals surface area contributed by atoms with Crippen LogP contribution in [0, 0.1) is 0 Å². The zero-order valence-electron chi connectivity index (χ0n) is 14.0. The number of carbonyl (C=O) groups is 1. The van der Waals surface area contributed by atoms with Gasteiger partial charge in [-0.05, 0) is 13.8 Å². The van der Waals surface area contributed by atoms with Crippen molar-refractivity contribution in [3.63, 3.8) is 0 Å². The highest BCUT2D eigenvalue weighted by molar-refractivity contribution is 7.87. The fourth-order valence-electron chi connectivity index (χ4n) is 2.79. The molecule has 2 fully saturated rings. The number of rotatable bonds is 6. The first-order chi connectivity index (χ1) is 10.9. The standard InChI is InChI=1S/C14H28N4O4S/c1-13(2)15-23(20,21)18-7-5-17(6-8-18)14(19)3-4-16-9-11-22-12-10-16/h13,15H,3-12H2,1-2H3. The van der Waals surface area contributed by atoms with Crippen LogP contribution in [0.5, 0.6) is 0 Å². The van der Waals surface area contributed by atoms with Gasteiger partial charge < -0.3 is 9.64 Å². The van der Waals surface area contributed by atoms with Crippen LogP contribution in [0.25, 0.3) is 0 Å². The van der Waals surface area contributed by atoms with Crippen molar-refractivity contribution in [2.24, 2.45) is 0 Å². The first-order valence-electron chi connectivity index (χ1n) is 8.24. The summed E-state index contributed by atoms with van der Waals surface area (Å²) in [5.74, 6) is 0.102. The molecule has 0 atom stereocenters. The lowest BCUT2D eigenvalue weighted by Gasteiger charge is -2.35. The lowest BCUT2D eigenvalue weighted by Crippen LogP contribution is -2.54. The number of carbonyl (C=O) groups excluding carboxylic acids is 1. The number of nitrogens with one attached hydrogen (secondary N) is 1. The number of amides is 1. The zero-order chi connectivity index (χ0) is 16.9. The van der Waals surface area contributed by atoms with Crippen LogP contribution < -0.4 is 4.72 Å². The molecule has 0 aromatic rings. The normalized spacial score (nSPS) is 21.8. The Balaban J connectivity index is 1.74. The van der Waals surface area contributed by atoms with E-state index in [1.807, 2.05) is 0 Å². The van der Waals surface area contributed by atoms with Gasteiger partial charge in [0.2, 0.25) is 5.91 Å². The molecule has 1 N–H and O–H groups in total. The van der Waals surface area contributed by atoms with Gasteiger partial charge in [-0.25, -0.2) is 0 Å². The van der Waals surface area contributed by atoms with Gasteiger partial charge in [0.05, 0.1) is 13.2 Å². The van der Waals surface area contributed by atoms with E-state index in [1.54, 1.807) is 18.7 Å². The summed E-state index contributed by atoms with van der Waals surface area (Å²) in [5, 5.41) is 0. The van der Waals surface area contributed by atoms with Gasteiger partial charge in [-0.1, -0.05) is 0 Å². The molecule has 134 valence electrons. The van der Waals surface area contributed by atoms with Crippen LogP contribution in [-0.2, 0) is 19.7 Å². The van der Waals surface area contributed by atoms with Crippen LogP contribution in [0.1, 0.15) is 20.3 Å². The molecule has 8 nitrogen and oxygen atoms in total. The summed E-state index contributed by atoms with van der Waals surface area (Å²) in [5.41, 5.74) is 0. The monoisotopic (exact) mass is 348 g/mol. The van der Waals surface area contributed by atoms with Crippen molar-refractivity contribution < 1.29 is 17.9 Å². The highest BCUT2D eigenvalue weighted by Gasteiger charge is 2.29. The van der Waals surface area contributed by atoms with Crippen LogP contribution >= 0.6 is 0 Å². The van der Waals surface area contributed by atoms with Gasteiger partial charge in [0.15, 0.2) is 0 Å². The summed E-state index contributed by atoms with van der Waals surface area (Å²) < 4.78 is 33.5. The lowest BCUT2D eigenvalue weighted by molar-refractivity contribution is -0.133.